The zero-order chi connectivity index (χ0) is 30.1. The van der Waals surface area contributed by atoms with Crippen molar-refractivity contribution in [2.75, 3.05) is 37.4 Å². The Balaban J connectivity index is 1.62. The number of aliphatic hydroxyl groups is 1. The van der Waals surface area contributed by atoms with Crippen molar-refractivity contribution in [3.63, 3.8) is 0 Å². The number of hydrogen-bond donors (Lipinski definition) is 3. The van der Waals surface area contributed by atoms with Gasteiger partial charge in [0.05, 0.1) is 31.1 Å². The van der Waals surface area contributed by atoms with Crippen LogP contribution in [0.15, 0.2) is 40.3 Å². The maximum Gasteiger partial charge on any atom is 0.323 e. The molecule has 1 aliphatic heterocycles. The molecule has 222 valence electrons. The Labute approximate surface area is 238 Å². The van der Waals surface area contributed by atoms with Crippen LogP contribution in [-0.2, 0) is 17.1 Å². The fourth-order valence-corrected chi connectivity index (χ4v) is 5.63. The number of imidazole rings is 1. The Morgan fingerprint density at radius 1 is 1.29 bits per heavy atom. The summed E-state index contributed by atoms with van der Waals surface area (Å²) in [7, 11) is -0.768. The van der Waals surface area contributed by atoms with E-state index in [4.69, 9.17) is 9.26 Å². The molecule has 1 aliphatic rings. The van der Waals surface area contributed by atoms with Crippen molar-refractivity contribution in [2.45, 2.75) is 44.9 Å². The third kappa shape index (κ3) is 6.36. The number of fused-ring (bicyclic) bond motifs is 1. The first-order valence-electron chi connectivity index (χ1n) is 13.0. The molecule has 15 heteroatoms. The number of aromatic nitrogens is 3. The largest absolute Gasteiger partial charge is 0.488 e. The number of carbonyl (C=O) groups is 2. The van der Waals surface area contributed by atoms with Gasteiger partial charge in [-0.25, -0.2) is 18.2 Å². The molecular formula is C26H35N7O7S. The van der Waals surface area contributed by atoms with E-state index >= 15 is 0 Å². The van der Waals surface area contributed by atoms with Crippen molar-refractivity contribution in [2.24, 2.45) is 13.0 Å². The quantitative estimate of drug-likeness (QED) is 0.356. The number of urea groups is 1. The van der Waals surface area contributed by atoms with Crippen LogP contribution >= 0.6 is 0 Å². The minimum atomic E-state index is -3.90. The Morgan fingerprint density at radius 2 is 2.02 bits per heavy atom. The highest BCUT2D eigenvalue weighted by Gasteiger charge is 2.35. The van der Waals surface area contributed by atoms with E-state index in [1.165, 1.54) is 34.8 Å². The monoisotopic (exact) mass is 589 g/mol. The van der Waals surface area contributed by atoms with Crippen molar-refractivity contribution in [1.29, 1.82) is 0 Å². The minimum absolute atomic E-state index is 0.0190. The highest BCUT2D eigenvalue weighted by Crippen LogP contribution is 2.31. The summed E-state index contributed by atoms with van der Waals surface area (Å²) in [6.45, 7) is 6.85. The fourth-order valence-electron chi connectivity index (χ4n) is 4.49. The SMILES string of the molecule is Cc1noc(C)c1NC(=O)Nc1ccc2c(c1)C(=O)N([C@@H](C)CO)C[C@@H](C)[C@H](CN(C)S(=O)(=O)c1cn(C)cn1)O2. The van der Waals surface area contributed by atoms with Gasteiger partial charge in [0.25, 0.3) is 15.9 Å². The lowest BCUT2D eigenvalue weighted by Crippen LogP contribution is -2.50. The molecule has 0 spiro atoms. The zero-order valence-electron chi connectivity index (χ0n) is 23.8. The molecule has 3 heterocycles. The first-order valence-corrected chi connectivity index (χ1v) is 14.4. The van der Waals surface area contributed by atoms with E-state index in [1.807, 2.05) is 6.92 Å². The van der Waals surface area contributed by atoms with Crippen LogP contribution in [0.2, 0.25) is 0 Å². The third-order valence-electron chi connectivity index (χ3n) is 6.99. The second kappa shape index (κ2) is 11.9. The summed E-state index contributed by atoms with van der Waals surface area (Å²) in [4.78, 5) is 31.9. The predicted octanol–water partition coefficient (Wildman–Crippen LogP) is 2.21. The average Bonchev–Trinajstić information content (AvgIpc) is 3.51. The van der Waals surface area contributed by atoms with Crippen LogP contribution in [-0.4, -0.2) is 88.3 Å². The summed E-state index contributed by atoms with van der Waals surface area (Å²) in [6.07, 6.45) is 2.18. The van der Waals surface area contributed by atoms with Gasteiger partial charge in [-0.1, -0.05) is 12.1 Å². The van der Waals surface area contributed by atoms with Gasteiger partial charge < -0.3 is 34.5 Å². The van der Waals surface area contributed by atoms with E-state index in [2.05, 4.69) is 20.8 Å². The second-order valence-electron chi connectivity index (χ2n) is 10.3. The standard InChI is InChI=1S/C26H35N7O7S/c1-15-10-33(16(2)13-34)25(35)20-9-19(28-26(36)29-24-17(3)30-40-18(24)4)7-8-21(20)39-22(15)11-32(6)41(37,38)23-12-31(5)14-27-23/h7-9,12,14-16,22,34H,10-11,13H2,1-6H3,(H2,28,29,36)/t15-,16+,22+/m1/s1. The number of ether oxygens (including phenoxy) is 1. The molecule has 0 radical (unpaired) electrons. The number of rotatable bonds is 8. The second-order valence-corrected chi connectivity index (χ2v) is 12.3. The van der Waals surface area contributed by atoms with Gasteiger partial charge in [0.2, 0.25) is 0 Å². The van der Waals surface area contributed by atoms with E-state index in [1.54, 1.807) is 44.5 Å². The first-order chi connectivity index (χ1) is 19.3. The number of nitrogens with zero attached hydrogens (tertiary/aromatic N) is 5. The summed E-state index contributed by atoms with van der Waals surface area (Å²) in [5.74, 6) is -0.0255. The summed E-state index contributed by atoms with van der Waals surface area (Å²) < 4.78 is 40.4. The molecular weight excluding hydrogens is 554 g/mol. The number of aryl methyl sites for hydroxylation is 3. The molecule has 4 rings (SSSR count). The van der Waals surface area contributed by atoms with Gasteiger partial charge in [-0.3, -0.25) is 4.79 Å². The number of anilines is 2. The number of hydrogen-bond acceptors (Lipinski definition) is 9. The molecule has 0 saturated carbocycles. The number of amides is 3. The first kappa shape index (κ1) is 30.0. The lowest BCUT2D eigenvalue weighted by molar-refractivity contribution is 0.0387. The molecule has 1 aromatic carbocycles. The smallest absolute Gasteiger partial charge is 0.323 e. The van der Waals surface area contributed by atoms with Gasteiger partial charge in [-0.05, 0) is 39.0 Å². The van der Waals surface area contributed by atoms with Gasteiger partial charge in [-0.2, -0.15) is 4.31 Å². The van der Waals surface area contributed by atoms with E-state index in [0.29, 0.717) is 22.8 Å². The van der Waals surface area contributed by atoms with E-state index in [0.717, 1.165) is 0 Å². The van der Waals surface area contributed by atoms with Crippen molar-refractivity contribution in [3.8, 4) is 5.75 Å². The molecule has 3 amide bonds. The summed E-state index contributed by atoms with van der Waals surface area (Å²) >= 11 is 0. The minimum Gasteiger partial charge on any atom is -0.488 e. The van der Waals surface area contributed by atoms with Gasteiger partial charge in [0.15, 0.2) is 10.8 Å². The van der Waals surface area contributed by atoms with Crippen LogP contribution in [0.5, 0.6) is 5.75 Å². The fraction of sp³-hybridized carbons (Fsp3) is 0.462. The topological polar surface area (TPSA) is 172 Å². The highest BCUT2D eigenvalue weighted by molar-refractivity contribution is 7.89. The Morgan fingerprint density at radius 3 is 2.63 bits per heavy atom. The van der Waals surface area contributed by atoms with Crippen LogP contribution < -0.4 is 15.4 Å². The van der Waals surface area contributed by atoms with Gasteiger partial charge in [-0.15, -0.1) is 0 Å². The third-order valence-corrected chi connectivity index (χ3v) is 8.70. The van der Waals surface area contributed by atoms with Crippen molar-refractivity contribution >= 4 is 33.3 Å². The Kier molecular flexibility index (Phi) is 8.70. The van der Waals surface area contributed by atoms with Gasteiger partial charge in [0, 0.05) is 38.4 Å². The molecule has 2 aromatic heterocycles. The Bertz CT molecular complexity index is 1510. The normalized spacial score (nSPS) is 18.3. The highest BCUT2D eigenvalue weighted by atomic mass is 32.2. The van der Waals surface area contributed by atoms with Crippen LogP contribution in [0.4, 0.5) is 16.2 Å². The summed E-state index contributed by atoms with van der Waals surface area (Å²) in [5, 5.41) is 19.0. The lowest BCUT2D eigenvalue weighted by atomic mass is 9.99. The van der Waals surface area contributed by atoms with E-state index in [9.17, 15) is 23.1 Å². The predicted molar refractivity (Wildman–Crippen MR) is 149 cm³/mol. The molecule has 41 heavy (non-hydrogen) atoms. The molecule has 0 saturated heterocycles. The maximum absolute atomic E-state index is 13.7. The van der Waals surface area contributed by atoms with E-state index < -0.39 is 34.1 Å². The summed E-state index contributed by atoms with van der Waals surface area (Å²) in [6, 6.07) is 3.54. The molecule has 0 bridgehead atoms. The van der Waals surface area contributed by atoms with Crippen molar-refractivity contribution < 1.29 is 32.4 Å². The molecule has 0 unspecified atom stereocenters. The van der Waals surface area contributed by atoms with Gasteiger partial charge in [0.1, 0.15) is 23.2 Å². The van der Waals surface area contributed by atoms with Crippen molar-refractivity contribution in [1.82, 2.24) is 23.9 Å². The number of aliphatic hydroxyl groups excluding tert-OH is 1. The molecule has 0 aliphatic carbocycles. The number of sulfonamides is 1. The van der Waals surface area contributed by atoms with Crippen LogP contribution in [0.25, 0.3) is 0 Å². The number of likely N-dealkylation sites (N-methyl/N-ethyl adjacent to an activating group) is 1. The number of nitrogens with one attached hydrogen (secondary N) is 2. The number of carbonyl (C=O) groups excluding carboxylic acids is 2. The number of benzene rings is 1. The van der Waals surface area contributed by atoms with Crippen LogP contribution in [0, 0.1) is 19.8 Å². The molecule has 3 N–H and O–H groups in total. The lowest BCUT2D eigenvalue weighted by Gasteiger charge is -2.38. The Hall–Kier alpha value is -3.95. The zero-order valence-corrected chi connectivity index (χ0v) is 24.6. The van der Waals surface area contributed by atoms with Gasteiger partial charge >= 0.3 is 6.03 Å². The average molecular weight is 590 g/mol. The maximum atomic E-state index is 13.7. The van der Waals surface area contributed by atoms with Crippen LogP contribution in [0.3, 0.4) is 0 Å². The van der Waals surface area contributed by atoms with Crippen molar-refractivity contribution in [3.05, 3.63) is 47.7 Å². The molecule has 0 fully saturated rings. The molecule has 3 aromatic rings. The molecule has 14 nitrogen and oxygen atoms in total. The summed E-state index contributed by atoms with van der Waals surface area (Å²) in [5.41, 5.74) is 1.44. The molecule has 3 atom stereocenters. The van der Waals surface area contributed by atoms with Crippen LogP contribution in [0.1, 0.15) is 35.7 Å². The van der Waals surface area contributed by atoms with E-state index in [-0.39, 0.29) is 42.0 Å².